The smallest absolute Gasteiger partial charge is 0.234 e. The normalized spacial score (nSPS) is 11.2. The van der Waals surface area contributed by atoms with E-state index in [1.165, 1.54) is 11.8 Å². The van der Waals surface area contributed by atoms with Gasteiger partial charge in [0.2, 0.25) is 5.91 Å². The summed E-state index contributed by atoms with van der Waals surface area (Å²) >= 11 is 4.53. The fourth-order valence-corrected chi connectivity index (χ4v) is 4.91. The van der Waals surface area contributed by atoms with Crippen LogP contribution in [0.5, 0.6) is 0 Å². The quantitative estimate of drug-likeness (QED) is 0.349. The van der Waals surface area contributed by atoms with Gasteiger partial charge in [-0.2, -0.15) is 0 Å². The number of aromatic nitrogens is 3. The van der Waals surface area contributed by atoms with Gasteiger partial charge >= 0.3 is 0 Å². The van der Waals surface area contributed by atoms with Gasteiger partial charge in [-0.1, -0.05) is 52.0 Å². The largest absolute Gasteiger partial charge is 0.325 e. The van der Waals surface area contributed by atoms with E-state index >= 15 is 0 Å². The molecule has 0 atom stereocenters. The van der Waals surface area contributed by atoms with E-state index in [0.717, 1.165) is 4.47 Å². The predicted molar refractivity (Wildman–Crippen MR) is 121 cm³/mol. The van der Waals surface area contributed by atoms with Crippen molar-refractivity contribution in [2.45, 2.75) is 22.3 Å². The number of hydrogen-bond donors (Lipinski definition) is 1. The first-order valence-electron chi connectivity index (χ1n) is 8.88. The maximum atomic E-state index is 12.7. The number of nitrogens with zero attached hydrogens (tertiary/aromatic N) is 3. The molecular formula is C20H19BrN4O3S2. The second kappa shape index (κ2) is 10.1. The van der Waals surface area contributed by atoms with Crippen molar-refractivity contribution in [1.82, 2.24) is 14.8 Å². The van der Waals surface area contributed by atoms with E-state index in [0.29, 0.717) is 23.2 Å². The number of thioether (sulfide) groups is 1. The van der Waals surface area contributed by atoms with Crippen LogP contribution in [0.25, 0.3) is 0 Å². The van der Waals surface area contributed by atoms with Crippen LogP contribution in [0.1, 0.15) is 5.82 Å². The summed E-state index contributed by atoms with van der Waals surface area (Å²) in [4.78, 5) is 12.5. The van der Waals surface area contributed by atoms with Gasteiger partial charge in [0, 0.05) is 16.7 Å². The van der Waals surface area contributed by atoms with Crippen molar-refractivity contribution in [2.75, 3.05) is 11.1 Å². The minimum Gasteiger partial charge on any atom is -0.325 e. The Morgan fingerprint density at radius 3 is 2.50 bits per heavy atom. The molecule has 0 spiro atoms. The minimum absolute atomic E-state index is 0.108. The SMILES string of the molecule is C=CCn1c(CS(=O)(=O)c2ccccc2)nnc1SCC(=O)Nc1ccc(Br)cc1. The van der Waals surface area contributed by atoms with Crippen LogP contribution in [0, 0.1) is 0 Å². The van der Waals surface area contributed by atoms with Gasteiger partial charge in [-0.25, -0.2) is 8.42 Å². The number of halogens is 1. The van der Waals surface area contributed by atoms with Crippen LogP contribution in [0.3, 0.4) is 0 Å². The number of carbonyl (C=O) groups is 1. The lowest BCUT2D eigenvalue weighted by Crippen LogP contribution is -2.15. The summed E-state index contributed by atoms with van der Waals surface area (Å²) in [6.45, 7) is 4.05. The molecule has 0 radical (unpaired) electrons. The highest BCUT2D eigenvalue weighted by molar-refractivity contribution is 9.10. The Morgan fingerprint density at radius 1 is 1.13 bits per heavy atom. The summed E-state index contributed by atoms with van der Waals surface area (Å²) in [7, 11) is -3.57. The minimum atomic E-state index is -3.57. The van der Waals surface area contributed by atoms with Crippen LogP contribution in [-0.2, 0) is 26.9 Å². The molecule has 156 valence electrons. The van der Waals surface area contributed by atoms with Crippen LogP contribution in [0.4, 0.5) is 5.69 Å². The fraction of sp³-hybridized carbons (Fsp3) is 0.150. The Balaban J connectivity index is 1.70. The molecule has 1 heterocycles. The highest BCUT2D eigenvalue weighted by Crippen LogP contribution is 2.21. The Hall–Kier alpha value is -2.43. The summed E-state index contributed by atoms with van der Waals surface area (Å²) in [5.41, 5.74) is 0.686. The lowest BCUT2D eigenvalue weighted by Gasteiger charge is -2.09. The third-order valence-electron chi connectivity index (χ3n) is 3.99. The second-order valence-electron chi connectivity index (χ2n) is 6.21. The molecule has 3 aromatic rings. The van der Waals surface area contributed by atoms with Gasteiger partial charge in [0.05, 0.1) is 10.6 Å². The van der Waals surface area contributed by atoms with Crippen LogP contribution in [-0.4, -0.2) is 34.8 Å². The molecule has 0 saturated heterocycles. The molecule has 0 unspecified atom stereocenters. The highest BCUT2D eigenvalue weighted by Gasteiger charge is 2.21. The number of sulfone groups is 1. The molecule has 0 saturated carbocycles. The number of allylic oxidation sites excluding steroid dienone is 1. The standard InChI is InChI=1S/C20H19BrN4O3S2/c1-2-12-25-18(14-30(27,28)17-6-4-3-5-7-17)23-24-20(25)29-13-19(26)22-16-10-8-15(21)9-11-16/h2-11H,1,12-14H2,(H,22,26). The lowest BCUT2D eigenvalue weighted by molar-refractivity contribution is -0.113. The third kappa shape index (κ3) is 5.80. The summed E-state index contributed by atoms with van der Waals surface area (Å²) < 4.78 is 27.9. The zero-order valence-electron chi connectivity index (χ0n) is 15.9. The highest BCUT2D eigenvalue weighted by atomic mass is 79.9. The first-order valence-corrected chi connectivity index (χ1v) is 12.3. The van der Waals surface area contributed by atoms with E-state index in [9.17, 15) is 13.2 Å². The molecule has 0 aliphatic carbocycles. The van der Waals surface area contributed by atoms with Gasteiger partial charge < -0.3 is 9.88 Å². The average molecular weight is 507 g/mol. The maximum Gasteiger partial charge on any atom is 0.234 e. The molecule has 0 aliphatic rings. The monoisotopic (exact) mass is 506 g/mol. The number of anilines is 1. The lowest BCUT2D eigenvalue weighted by atomic mass is 10.3. The zero-order valence-corrected chi connectivity index (χ0v) is 19.1. The third-order valence-corrected chi connectivity index (χ3v) is 7.11. The molecule has 7 nitrogen and oxygen atoms in total. The van der Waals surface area contributed by atoms with Crippen molar-refractivity contribution in [3.05, 3.63) is 77.5 Å². The van der Waals surface area contributed by atoms with Crippen LogP contribution >= 0.6 is 27.7 Å². The topological polar surface area (TPSA) is 93.9 Å². The van der Waals surface area contributed by atoms with E-state index in [1.54, 1.807) is 53.1 Å². The Labute approximate surface area is 187 Å². The van der Waals surface area contributed by atoms with Crippen molar-refractivity contribution in [2.24, 2.45) is 0 Å². The van der Waals surface area contributed by atoms with Gasteiger partial charge in [0.25, 0.3) is 0 Å². The Bertz CT molecular complexity index is 1130. The van der Waals surface area contributed by atoms with Crippen molar-refractivity contribution < 1.29 is 13.2 Å². The summed E-state index contributed by atoms with van der Waals surface area (Å²) in [6.07, 6.45) is 1.63. The van der Waals surface area contributed by atoms with Crippen LogP contribution in [0.15, 0.2) is 81.8 Å². The number of benzene rings is 2. The van der Waals surface area contributed by atoms with Crippen LogP contribution < -0.4 is 5.32 Å². The van der Waals surface area contributed by atoms with Crippen molar-refractivity contribution in [3.8, 4) is 0 Å². The molecule has 0 bridgehead atoms. The van der Waals surface area contributed by atoms with Crippen molar-refractivity contribution >= 4 is 49.1 Å². The van der Waals surface area contributed by atoms with Crippen molar-refractivity contribution in [3.63, 3.8) is 0 Å². The van der Waals surface area contributed by atoms with Crippen LogP contribution in [0.2, 0.25) is 0 Å². The second-order valence-corrected chi connectivity index (χ2v) is 10.1. The van der Waals surface area contributed by atoms with E-state index < -0.39 is 9.84 Å². The molecule has 3 rings (SSSR count). The number of nitrogens with one attached hydrogen (secondary N) is 1. The summed E-state index contributed by atoms with van der Waals surface area (Å²) in [6, 6.07) is 15.5. The Kier molecular flexibility index (Phi) is 7.46. The van der Waals surface area contributed by atoms with Gasteiger partial charge in [0.15, 0.2) is 15.0 Å². The molecular weight excluding hydrogens is 488 g/mol. The molecule has 1 N–H and O–H groups in total. The number of amides is 1. The van der Waals surface area contributed by atoms with Crippen molar-refractivity contribution in [1.29, 1.82) is 0 Å². The van der Waals surface area contributed by atoms with Gasteiger partial charge in [0.1, 0.15) is 11.6 Å². The van der Waals surface area contributed by atoms with Gasteiger partial charge in [-0.15, -0.1) is 16.8 Å². The number of hydrogen-bond acceptors (Lipinski definition) is 6. The first kappa shape index (κ1) is 22.3. The predicted octanol–water partition coefficient (Wildman–Crippen LogP) is 3.93. The number of rotatable bonds is 9. The zero-order chi connectivity index (χ0) is 21.6. The van der Waals surface area contributed by atoms with E-state index in [4.69, 9.17) is 0 Å². The first-order chi connectivity index (χ1) is 14.4. The molecule has 2 aromatic carbocycles. The van der Waals surface area contributed by atoms with E-state index in [2.05, 4.69) is 38.0 Å². The molecule has 1 amide bonds. The fourth-order valence-electron chi connectivity index (χ4n) is 2.59. The number of carbonyl (C=O) groups excluding carboxylic acids is 1. The van der Waals surface area contributed by atoms with E-state index in [1.807, 2.05) is 12.1 Å². The molecule has 0 fully saturated rings. The average Bonchev–Trinajstić information content (AvgIpc) is 3.10. The molecule has 30 heavy (non-hydrogen) atoms. The summed E-state index contributed by atoms with van der Waals surface area (Å²) in [5, 5.41) is 11.4. The molecule has 10 heteroatoms. The Morgan fingerprint density at radius 2 is 1.83 bits per heavy atom. The molecule has 1 aromatic heterocycles. The van der Waals surface area contributed by atoms with E-state index in [-0.39, 0.29) is 22.3 Å². The van der Waals surface area contributed by atoms with Gasteiger partial charge in [-0.3, -0.25) is 4.79 Å². The van der Waals surface area contributed by atoms with Gasteiger partial charge in [-0.05, 0) is 36.4 Å². The maximum absolute atomic E-state index is 12.7. The summed E-state index contributed by atoms with van der Waals surface area (Å²) in [5.74, 6) is -0.0798. The molecule has 0 aliphatic heterocycles.